The average molecular weight is 248 g/mol. The Hall–Kier alpha value is -1.00. The maximum atomic E-state index is 4.33. The summed E-state index contributed by atoms with van der Waals surface area (Å²) in [5.41, 5.74) is 0.265. The molecule has 1 atom stereocenters. The lowest BCUT2D eigenvalue weighted by atomic mass is 9.89. The molecule has 1 aromatic heterocycles. The maximum absolute atomic E-state index is 4.33. The number of aromatic nitrogens is 2. The molecule has 1 fully saturated rings. The minimum absolute atomic E-state index is 0.265. The molecule has 1 aromatic rings. The summed E-state index contributed by atoms with van der Waals surface area (Å²) in [4.78, 5) is 11.2. The number of rotatable bonds is 4. The molecule has 2 heterocycles. The quantitative estimate of drug-likeness (QED) is 0.882. The summed E-state index contributed by atoms with van der Waals surface area (Å²) in [5.74, 6) is 0.923. The predicted molar refractivity (Wildman–Crippen MR) is 73.2 cm³/mol. The third-order valence-corrected chi connectivity index (χ3v) is 4.22. The Morgan fingerprint density at radius 3 is 2.61 bits per heavy atom. The van der Waals surface area contributed by atoms with E-state index < -0.39 is 0 Å². The van der Waals surface area contributed by atoms with Gasteiger partial charge in [0, 0.05) is 37.1 Å². The number of nitrogens with one attached hydrogen (secondary N) is 1. The maximum Gasteiger partial charge on any atom is 0.142 e. The second-order valence-electron chi connectivity index (χ2n) is 5.29. The fourth-order valence-electron chi connectivity index (χ4n) is 2.62. The van der Waals surface area contributed by atoms with Gasteiger partial charge in [0.2, 0.25) is 0 Å². The minimum Gasteiger partial charge on any atom is -0.308 e. The van der Waals surface area contributed by atoms with Crippen molar-refractivity contribution in [2.24, 2.45) is 0 Å². The first kappa shape index (κ1) is 13.4. The van der Waals surface area contributed by atoms with Crippen LogP contribution in [0.25, 0.3) is 0 Å². The van der Waals surface area contributed by atoms with Crippen molar-refractivity contribution in [1.29, 1.82) is 0 Å². The van der Waals surface area contributed by atoms with Gasteiger partial charge in [0.05, 0.1) is 6.54 Å². The number of piperazine rings is 1. The van der Waals surface area contributed by atoms with Gasteiger partial charge in [-0.2, -0.15) is 0 Å². The summed E-state index contributed by atoms with van der Waals surface area (Å²) in [6, 6.07) is 2.41. The predicted octanol–water partition coefficient (Wildman–Crippen LogP) is 1.83. The highest BCUT2D eigenvalue weighted by Gasteiger charge is 2.35. The van der Waals surface area contributed by atoms with Crippen LogP contribution in [0.1, 0.15) is 39.4 Å². The van der Waals surface area contributed by atoms with Crippen molar-refractivity contribution in [3.05, 3.63) is 24.3 Å². The Morgan fingerprint density at radius 1 is 1.33 bits per heavy atom. The van der Waals surface area contributed by atoms with E-state index in [1.807, 2.05) is 18.5 Å². The van der Waals surface area contributed by atoms with Gasteiger partial charge in [-0.1, -0.05) is 13.8 Å². The van der Waals surface area contributed by atoms with Gasteiger partial charge in [-0.25, -0.2) is 9.97 Å². The topological polar surface area (TPSA) is 41.1 Å². The smallest absolute Gasteiger partial charge is 0.142 e. The third kappa shape index (κ3) is 2.87. The van der Waals surface area contributed by atoms with E-state index in [1.54, 1.807) is 0 Å². The Morgan fingerprint density at radius 2 is 2.00 bits per heavy atom. The Bertz CT molecular complexity index is 361. The lowest BCUT2D eigenvalue weighted by Gasteiger charge is -2.46. The summed E-state index contributed by atoms with van der Waals surface area (Å²) in [7, 11) is 0. The summed E-state index contributed by atoms with van der Waals surface area (Å²) >= 11 is 0. The fraction of sp³-hybridized carbons (Fsp3) is 0.714. The molecule has 0 bridgehead atoms. The molecule has 1 aliphatic heterocycles. The van der Waals surface area contributed by atoms with Crippen LogP contribution in [0.15, 0.2) is 18.5 Å². The van der Waals surface area contributed by atoms with Crippen LogP contribution in [0.2, 0.25) is 0 Å². The molecule has 100 valence electrons. The highest BCUT2D eigenvalue weighted by atomic mass is 15.3. The Balaban J connectivity index is 2.06. The van der Waals surface area contributed by atoms with Crippen molar-refractivity contribution in [3.63, 3.8) is 0 Å². The van der Waals surface area contributed by atoms with Crippen LogP contribution in [-0.4, -0.2) is 39.5 Å². The Kier molecular flexibility index (Phi) is 4.30. The van der Waals surface area contributed by atoms with Crippen LogP contribution in [-0.2, 0) is 6.54 Å². The van der Waals surface area contributed by atoms with E-state index in [4.69, 9.17) is 0 Å². The van der Waals surface area contributed by atoms with Crippen molar-refractivity contribution in [2.45, 2.75) is 51.7 Å². The third-order valence-electron chi connectivity index (χ3n) is 4.22. The lowest BCUT2D eigenvalue weighted by molar-refractivity contribution is 0.0724. The largest absolute Gasteiger partial charge is 0.308 e. The molecule has 18 heavy (non-hydrogen) atoms. The first-order chi connectivity index (χ1) is 8.69. The second-order valence-corrected chi connectivity index (χ2v) is 5.29. The molecule has 2 rings (SSSR count). The molecule has 0 aliphatic carbocycles. The van der Waals surface area contributed by atoms with E-state index >= 15 is 0 Å². The van der Waals surface area contributed by atoms with Crippen LogP contribution in [0.3, 0.4) is 0 Å². The second kappa shape index (κ2) is 5.76. The van der Waals surface area contributed by atoms with Crippen LogP contribution in [0, 0.1) is 0 Å². The molecule has 4 heteroatoms. The van der Waals surface area contributed by atoms with Crippen LogP contribution in [0.4, 0.5) is 0 Å². The highest BCUT2D eigenvalue weighted by molar-refractivity contribution is 4.98. The van der Waals surface area contributed by atoms with Crippen molar-refractivity contribution in [3.8, 4) is 0 Å². The van der Waals surface area contributed by atoms with E-state index in [1.165, 1.54) is 12.8 Å². The van der Waals surface area contributed by atoms with Gasteiger partial charge in [0.15, 0.2) is 0 Å². The van der Waals surface area contributed by atoms with Gasteiger partial charge in [-0.15, -0.1) is 0 Å². The van der Waals surface area contributed by atoms with Gasteiger partial charge < -0.3 is 5.32 Å². The molecule has 0 spiro atoms. The van der Waals surface area contributed by atoms with E-state index in [9.17, 15) is 0 Å². The monoisotopic (exact) mass is 248 g/mol. The molecular weight excluding hydrogens is 224 g/mol. The SMILES string of the molecule is CCC1(CC)CN(Cc2ncccn2)C(C)CN1. The van der Waals surface area contributed by atoms with Crippen molar-refractivity contribution in [1.82, 2.24) is 20.2 Å². The molecule has 4 nitrogen and oxygen atoms in total. The Labute approximate surface area is 110 Å². The van der Waals surface area contributed by atoms with Gasteiger partial charge in [0.25, 0.3) is 0 Å². The molecule has 0 saturated carbocycles. The molecule has 1 unspecified atom stereocenters. The van der Waals surface area contributed by atoms with Gasteiger partial charge in [0.1, 0.15) is 5.82 Å². The zero-order valence-electron chi connectivity index (χ0n) is 11.7. The first-order valence-corrected chi connectivity index (χ1v) is 6.94. The summed E-state index contributed by atoms with van der Waals surface area (Å²) in [6.45, 7) is 9.79. The summed E-state index contributed by atoms with van der Waals surface area (Å²) in [5, 5.41) is 3.72. The number of hydrogen-bond acceptors (Lipinski definition) is 4. The van der Waals surface area contributed by atoms with E-state index in [0.29, 0.717) is 6.04 Å². The van der Waals surface area contributed by atoms with Crippen molar-refractivity contribution in [2.75, 3.05) is 13.1 Å². The molecule has 0 radical (unpaired) electrons. The van der Waals surface area contributed by atoms with Gasteiger partial charge in [-0.05, 0) is 25.8 Å². The molecule has 0 aromatic carbocycles. The molecular formula is C14H24N4. The fourth-order valence-corrected chi connectivity index (χ4v) is 2.62. The zero-order chi connectivity index (χ0) is 13.0. The lowest BCUT2D eigenvalue weighted by Crippen LogP contribution is -2.62. The average Bonchev–Trinajstić information content (AvgIpc) is 2.43. The number of nitrogens with zero attached hydrogens (tertiary/aromatic N) is 3. The van der Waals surface area contributed by atoms with Crippen LogP contribution < -0.4 is 5.32 Å². The molecule has 0 amide bonds. The zero-order valence-corrected chi connectivity index (χ0v) is 11.7. The normalized spacial score (nSPS) is 24.1. The van der Waals surface area contributed by atoms with Crippen molar-refractivity contribution < 1.29 is 0 Å². The summed E-state index contributed by atoms with van der Waals surface area (Å²) in [6.07, 6.45) is 5.98. The molecule has 1 saturated heterocycles. The van der Waals surface area contributed by atoms with Gasteiger partial charge in [-0.3, -0.25) is 4.90 Å². The van der Waals surface area contributed by atoms with Crippen molar-refractivity contribution >= 4 is 0 Å². The standard InChI is InChI=1S/C14H24N4/c1-4-14(5-2)11-18(12(3)9-17-14)10-13-15-7-6-8-16-13/h6-8,12,17H,4-5,9-11H2,1-3H3. The van der Waals surface area contributed by atoms with Crippen LogP contribution in [0.5, 0.6) is 0 Å². The van der Waals surface area contributed by atoms with E-state index in [0.717, 1.165) is 25.5 Å². The van der Waals surface area contributed by atoms with E-state index in [2.05, 4.69) is 41.0 Å². The molecule has 1 aliphatic rings. The highest BCUT2D eigenvalue weighted by Crippen LogP contribution is 2.23. The van der Waals surface area contributed by atoms with Gasteiger partial charge >= 0.3 is 0 Å². The molecule has 1 N–H and O–H groups in total. The summed E-state index contributed by atoms with van der Waals surface area (Å²) < 4.78 is 0. The van der Waals surface area contributed by atoms with E-state index in [-0.39, 0.29) is 5.54 Å². The van der Waals surface area contributed by atoms with Crippen LogP contribution >= 0.6 is 0 Å². The first-order valence-electron chi connectivity index (χ1n) is 6.94. The minimum atomic E-state index is 0.265. The number of hydrogen-bond donors (Lipinski definition) is 1.